The Hall–Kier alpha value is -4.47. The van der Waals surface area contributed by atoms with Crippen LogP contribution in [-0.4, -0.2) is 46.5 Å². The Bertz CT molecular complexity index is 1190. The Kier molecular flexibility index (Phi) is 7.53. The van der Waals surface area contributed by atoms with Gasteiger partial charge in [-0.3, -0.25) is 19.2 Å². The average molecular weight is 450 g/mol. The van der Waals surface area contributed by atoms with E-state index in [2.05, 4.69) is 20.6 Å². The second-order valence-electron chi connectivity index (χ2n) is 6.96. The van der Waals surface area contributed by atoms with Gasteiger partial charge in [0.2, 0.25) is 0 Å². The number of aromatic nitrogens is 2. The molecule has 0 aliphatic carbocycles. The Morgan fingerprint density at radius 2 is 1.70 bits per heavy atom. The van der Waals surface area contributed by atoms with E-state index in [0.717, 1.165) is 17.3 Å². The predicted octanol–water partition coefficient (Wildman–Crippen LogP) is 1.50. The lowest BCUT2D eigenvalue weighted by molar-refractivity contribution is -0.136. The van der Waals surface area contributed by atoms with E-state index < -0.39 is 29.4 Å². The molecule has 10 heteroatoms. The average Bonchev–Trinajstić information content (AvgIpc) is 2.82. The second-order valence-corrected chi connectivity index (χ2v) is 6.96. The number of carbonyl (C=O) groups is 3. The zero-order valence-corrected chi connectivity index (χ0v) is 17.7. The highest BCUT2D eigenvalue weighted by Gasteiger charge is 2.21. The van der Waals surface area contributed by atoms with Crippen molar-refractivity contribution in [1.82, 2.24) is 20.6 Å². The van der Waals surface area contributed by atoms with Crippen LogP contribution in [0.25, 0.3) is 0 Å². The van der Waals surface area contributed by atoms with E-state index in [9.17, 15) is 19.2 Å². The maximum Gasteiger partial charge on any atom is 0.305 e. The van der Waals surface area contributed by atoms with Gasteiger partial charge in [0.1, 0.15) is 11.3 Å². The van der Waals surface area contributed by atoms with Crippen molar-refractivity contribution in [3.8, 4) is 5.75 Å². The second kappa shape index (κ2) is 10.7. The third-order valence-electron chi connectivity index (χ3n) is 4.74. The van der Waals surface area contributed by atoms with Crippen LogP contribution in [0.2, 0.25) is 0 Å². The summed E-state index contributed by atoms with van der Waals surface area (Å²) in [6.45, 7) is -0.124. The number of aromatic amines is 1. The molecule has 4 N–H and O–H groups in total. The van der Waals surface area contributed by atoms with Crippen LogP contribution in [0.5, 0.6) is 5.75 Å². The molecule has 0 bridgehead atoms. The smallest absolute Gasteiger partial charge is 0.305 e. The summed E-state index contributed by atoms with van der Waals surface area (Å²) in [6.07, 6.45) is 0.735. The summed E-state index contributed by atoms with van der Waals surface area (Å²) in [5, 5.41) is 13.8. The van der Waals surface area contributed by atoms with E-state index in [-0.39, 0.29) is 24.4 Å². The topological polar surface area (TPSA) is 150 Å². The van der Waals surface area contributed by atoms with Crippen molar-refractivity contribution in [3.63, 3.8) is 0 Å². The first-order valence-electron chi connectivity index (χ1n) is 9.98. The Morgan fingerprint density at radius 3 is 2.30 bits per heavy atom. The molecule has 1 heterocycles. The van der Waals surface area contributed by atoms with Crippen LogP contribution in [0.3, 0.4) is 0 Å². The van der Waals surface area contributed by atoms with Crippen LogP contribution in [0.1, 0.15) is 44.6 Å². The monoisotopic (exact) mass is 450 g/mol. The van der Waals surface area contributed by atoms with Gasteiger partial charge < -0.3 is 25.5 Å². The number of benzene rings is 2. The Balaban J connectivity index is 1.81. The molecule has 3 aromatic rings. The molecule has 0 fully saturated rings. The Labute approximate surface area is 188 Å². The molecule has 0 radical (unpaired) electrons. The first-order chi connectivity index (χ1) is 15.9. The zero-order valence-electron chi connectivity index (χ0n) is 17.7. The molecule has 3 rings (SSSR count). The summed E-state index contributed by atoms with van der Waals surface area (Å²) in [7, 11) is 1.56. The number of carboxylic acid groups (broad SMARTS) is 1. The molecule has 0 saturated heterocycles. The number of nitrogens with zero attached hydrogens (tertiary/aromatic N) is 1. The van der Waals surface area contributed by atoms with Crippen LogP contribution >= 0.6 is 0 Å². The lowest BCUT2D eigenvalue weighted by atomic mass is 9.98. The van der Waals surface area contributed by atoms with Gasteiger partial charge in [-0.05, 0) is 23.3 Å². The largest absolute Gasteiger partial charge is 0.497 e. The highest BCUT2D eigenvalue weighted by atomic mass is 16.5. The van der Waals surface area contributed by atoms with Gasteiger partial charge in [0, 0.05) is 12.7 Å². The molecule has 0 aliphatic heterocycles. The number of hydrogen-bond acceptors (Lipinski definition) is 6. The maximum absolute atomic E-state index is 12.9. The van der Waals surface area contributed by atoms with Crippen molar-refractivity contribution >= 4 is 17.8 Å². The molecule has 170 valence electrons. The lowest BCUT2D eigenvalue weighted by Gasteiger charge is -2.20. The van der Waals surface area contributed by atoms with E-state index in [4.69, 9.17) is 9.84 Å². The van der Waals surface area contributed by atoms with Gasteiger partial charge in [0.05, 0.1) is 19.6 Å². The summed E-state index contributed by atoms with van der Waals surface area (Å²) >= 11 is 0. The first kappa shape index (κ1) is 23.2. The molecular formula is C23H22N4O6. The number of carbonyl (C=O) groups excluding carboxylic acids is 2. The fourth-order valence-electron chi connectivity index (χ4n) is 3.05. The van der Waals surface area contributed by atoms with Gasteiger partial charge in [-0.2, -0.15) is 0 Å². The van der Waals surface area contributed by atoms with Gasteiger partial charge >= 0.3 is 5.97 Å². The van der Waals surface area contributed by atoms with E-state index in [0.29, 0.717) is 5.75 Å². The number of hydrogen-bond donors (Lipinski definition) is 4. The number of methoxy groups -OCH3 is 1. The fourth-order valence-corrected chi connectivity index (χ4v) is 3.05. The van der Waals surface area contributed by atoms with E-state index >= 15 is 0 Å². The van der Waals surface area contributed by atoms with Crippen molar-refractivity contribution in [2.75, 3.05) is 13.7 Å². The van der Waals surface area contributed by atoms with E-state index in [1.54, 1.807) is 19.2 Å². The number of ether oxygens (including phenoxy) is 1. The number of H-pyrrole nitrogens is 1. The number of amides is 2. The molecule has 1 unspecified atom stereocenters. The number of nitrogens with one attached hydrogen (secondary N) is 3. The van der Waals surface area contributed by atoms with Crippen LogP contribution in [-0.2, 0) is 4.79 Å². The molecule has 0 saturated carbocycles. The third kappa shape index (κ3) is 6.03. The van der Waals surface area contributed by atoms with Gasteiger partial charge in [0.25, 0.3) is 17.4 Å². The summed E-state index contributed by atoms with van der Waals surface area (Å²) in [5.41, 5.74) is 0.503. The van der Waals surface area contributed by atoms with Crippen molar-refractivity contribution in [1.29, 1.82) is 0 Å². The van der Waals surface area contributed by atoms with Crippen LogP contribution in [0.15, 0.2) is 65.6 Å². The van der Waals surface area contributed by atoms with Crippen LogP contribution in [0.4, 0.5) is 0 Å². The minimum atomic E-state index is -1.08. The van der Waals surface area contributed by atoms with Gasteiger partial charge in [-0.1, -0.05) is 42.5 Å². The third-order valence-corrected chi connectivity index (χ3v) is 4.74. The van der Waals surface area contributed by atoms with E-state index in [1.165, 1.54) is 0 Å². The molecule has 1 aromatic heterocycles. The maximum atomic E-state index is 12.9. The first-order valence-corrected chi connectivity index (χ1v) is 9.98. The molecule has 2 amide bonds. The molecule has 10 nitrogen and oxygen atoms in total. The number of rotatable bonds is 9. The zero-order chi connectivity index (χ0) is 23.8. The minimum Gasteiger partial charge on any atom is -0.497 e. The summed E-state index contributed by atoms with van der Waals surface area (Å²) in [4.78, 5) is 54.0. The molecule has 33 heavy (non-hydrogen) atoms. The summed E-state index contributed by atoms with van der Waals surface area (Å²) in [6, 6.07) is 15.8. The van der Waals surface area contributed by atoms with E-state index in [1.807, 2.05) is 42.5 Å². The summed E-state index contributed by atoms with van der Waals surface area (Å²) in [5.74, 6) is -2.16. The standard InChI is InChI=1S/C23H22N4O6/c1-33-16-9-7-15(8-10-16)19(14-5-3-2-4-6-14)26-21(30)17-13-25-20(27-22(17)31)23(32)24-12-11-18(28)29/h2-10,13,19H,11-12H2,1H3,(H,24,32)(H,26,30)(H,28,29)(H,25,27,31). The number of aliphatic carboxylic acids is 1. The normalized spacial score (nSPS) is 11.3. The summed E-state index contributed by atoms with van der Waals surface area (Å²) < 4.78 is 5.18. The predicted molar refractivity (Wildman–Crippen MR) is 118 cm³/mol. The molecule has 0 spiro atoms. The minimum absolute atomic E-state index is 0.124. The SMILES string of the molecule is COc1ccc(C(NC(=O)c2cnc(C(=O)NCCC(=O)O)[nH]c2=O)c2ccccc2)cc1. The Morgan fingerprint density at radius 1 is 1.03 bits per heavy atom. The highest BCUT2D eigenvalue weighted by Crippen LogP contribution is 2.24. The molecular weight excluding hydrogens is 428 g/mol. The number of carboxylic acids is 1. The molecule has 2 aromatic carbocycles. The van der Waals surface area contributed by atoms with Gasteiger partial charge in [0.15, 0.2) is 5.82 Å². The van der Waals surface area contributed by atoms with Crippen molar-refractivity contribution in [3.05, 3.63) is 93.7 Å². The molecule has 1 atom stereocenters. The lowest BCUT2D eigenvalue weighted by Crippen LogP contribution is -2.35. The van der Waals surface area contributed by atoms with Gasteiger partial charge in [-0.25, -0.2) is 4.98 Å². The van der Waals surface area contributed by atoms with Crippen LogP contribution in [0, 0.1) is 0 Å². The van der Waals surface area contributed by atoms with Gasteiger partial charge in [-0.15, -0.1) is 0 Å². The van der Waals surface area contributed by atoms with Crippen molar-refractivity contribution in [2.24, 2.45) is 0 Å². The fraction of sp³-hybridized carbons (Fsp3) is 0.174. The van der Waals surface area contributed by atoms with Crippen LogP contribution < -0.4 is 20.9 Å². The molecule has 0 aliphatic rings. The van der Waals surface area contributed by atoms with Crippen molar-refractivity contribution < 1.29 is 24.2 Å². The highest BCUT2D eigenvalue weighted by molar-refractivity contribution is 5.95. The van der Waals surface area contributed by atoms with Crippen molar-refractivity contribution in [2.45, 2.75) is 12.5 Å². The quantitative estimate of drug-likeness (QED) is 0.386.